The fourth-order valence-corrected chi connectivity index (χ4v) is 4.69. The molecule has 1 heterocycles. The third-order valence-corrected chi connectivity index (χ3v) is 6.60. The molecule has 31 heavy (non-hydrogen) atoms. The van der Waals surface area contributed by atoms with Gasteiger partial charge in [-0.25, -0.2) is 0 Å². The molecule has 3 rings (SSSR count). The van der Waals surface area contributed by atoms with Crippen LogP contribution in [0.4, 0.5) is 0 Å². The molecule has 0 N–H and O–H groups in total. The van der Waals surface area contributed by atoms with Crippen molar-refractivity contribution < 1.29 is 14.3 Å². The summed E-state index contributed by atoms with van der Waals surface area (Å²) in [5.74, 6) is 1.58. The minimum atomic E-state index is -0.118. The minimum absolute atomic E-state index is 0.0863. The van der Waals surface area contributed by atoms with E-state index in [-0.39, 0.29) is 11.2 Å². The van der Waals surface area contributed by atoms with Crippen LogP contribution in [0.3, 0.4) is 0 Å². The zero-order valence-electron chi connectivity index (χ0n) is 17.9. The van der Waals surface area contributed by atoms with Crippen LogP contribution in [0.2, 0.25) is 0 Å². The largest absolute Gasteiger partial charge is 0.497 e. The summed E-state index contributed by atoms with van der Waals surface area (Å²) >= 11 is 4.95. The number of hydrogen-bond acceptors (Lipinski definition) is 6. The monoisotopic (exact) mass is 503 g/mol. The van der Waals surface area contributed by atoms with Gasteiger partial charge in [-0.3, -0.25) is 9.69 Å². The van der Waals surface area contributed by atoms with E-state index >= 15 is 0 Å². The van der Waals surface area contributed by atoms with E-state index in [0.29, 0.717) is 17.5 Å². The first-order valence-electron chi connectivity index (χ1n) is 10.1. The Labute approximate surface area is 195 Å². The van der Waals surface area contributed by atoms with Gasteiger partial charge < -0.3 is 9.47 Å². The van der Waals surface area contributed by atoms with E-state index in [9.17, 15) is 4.79 Å². The molecule has 1 saturated heterocycles. The standard InChI is InChI=1S/C23H26BrN3O3S/c1-4-5-6-21-22(28)27(15-16-7-10-19(29-2)11-8-16)23(31-21)26-25-14-17-13-18(24)9-12-20(17)30-3/h7-14,21H,4-6,15H2,1-3H3/b25-14-,26-23+/t21-/m0/s1. The number of benzene rings is 2. The van der Waals surface area contributed by atoms with Gasteiger partial charge in [0.15, 0.2) is 5.17 Å². The lowest BCUT2D eigenvalue weighted by Gasteiger charge is -2.16. The van der Waals surface area contributed by atoms with Crippen LogP contribution in [0.5, 0.6) is 11.5 Å². The van der Waals surface area contributed by atoms with E-state index in [0.717, 1.165) is 40.6 Å². The van der Waals surface area contributed by atoms with Crippen LogP contribution in [-0.2, 0) is 11.3 Å². The van der Waals surface area contributed by atoms with Gasteiger partial charge >= 0.3 is 0 Å². The lowest BCUT2D eigenvalue weighted by molar-refractivity contribution is -0.126. The van der Waals surface area contributed by atoms with Crippen LogP contribution < -0.4 is 9.47 Å². The molecule has 1 amide bonds. The molecule has 0 spiro atoms. The van der Waals surface area contributed by atoms with Gasteiger partial charge in [0, 0.05) is 10.0 Å². The lowest BCUT2D eigenvalue weighted by atomic mass is 10.1. The van der Waals surface area contributed by atoms with Gasteiger partial charge in [0.2, 0.25) is 5.91 Å². The van der Waals surface area contributed by atoms with Crippen molar-refractivity contribution in [3.8, 4) is 11.5 Å². The van der Waals surface area contributed by atoms with E-state index in [1.165, 1.54) is 11.8 Å². The molecule has 8 heteroatoms. The molecule has 1 aliphatic heterocycles. The molecule has 1 fully saturated rings. The van der Waals surface area contributed by atoms with Crippen molar-refractivity contribution in [3.05, 3.63) is 58.1 Å². The van der Waals surface area contributed by atoms with E-state index < -0.39 is 0 Å². The third-order valence-electron chi connectivity index (χ3n) is 4.87. The number of amidine groups is 1. The number of carbonyl (C=O) groups is 1. The topological polar surface area (TPSA) is 63.5 Å². The zero-order valence-corrected chi connectivity index (χ0v) is 20.3. The molecule has 0 aromatic heterocycles. The maximum atomic E-state index is 13.0. The molecule has 6 nitrogen and oxygen atoms in total. The van der Waals surface area contributed by atoms with Gasteiger partial charge in [0.25, 0.3) is 0 Å². The molecular formula is C23H26BrN3O3S. The maximum absolute atomic E-state index is 13.0. The molecule has 2 aromatic carbocycles. The van der Waals surface area contributed by atoms with Gasteiger partial charge in [-0.15, -0.1) is 5.10 Å². The van der Waals surface area contributed by atoms with Crippen molar-refractivity contribution in [2.75, 3.05) is 14.2 Å². The van der Waals surface area contributed by atoms with Crippen LogP contribution in [0.15, 0.2) is 57.1 Å². The summed E-state index contributed by atoms with van der Waals surface area (Å²) < 4.78 is 11.5. The third kappa shape index (κ3) is 6.11. The summed E-state index contributed by atoms with van der Waals surface area (Å²) in [5.41, 5.74) is 1.82. The van der Waals surface area contributed by atoms with Gasteiger partial charge in [0.05, 0.1) is 32.2 Å². The van der Waals surface area contributed by atoms with Crippen LogP contribution in [-0.4, -0.2) is 41.7 Å². The number of methoxy groups -OCH3 is 2. The first-order valence-corrected chi connectivity index (χ1v) is 11.8. The lowest BCUT2D eigenvalue weighted by Crippen LogP contribution is -2.31. The van der Waals surface area contributed by atoms with Crippen molar-refractivity contribution in [1.29, 1.82) is 0 Å². The second kappa shape index (κ2) is 11.3. The Morgan fingerprint density at radius 2 is 1.94 bits per heavy atom. The first-order chi connectivity index (χ1) is 15.0. The highest BCUT2D eigenvalue weighted by atomic mass is 79.9. The minimum Gasteiger partial charge on any atom is -0.497 e. The molecule has 0 unspecified atom stereocenters. The number of carbonyl (C=O) groups excluding carboxylic acids is 1. The van der Waals surface area contributed by atoms with E-state index in [1.54, 1.807) is 25.3 Å². The van der Waals surface area contributed by atoms with Crippen LogP contribution in [0.25, 0.3) is 0 Å². The van der Waals surface area contributed by atoms with Crippen molar-refractivity contribution in [2.45, 2.75) is 38.0 Å². The Kier molecular flexibility index (Phi) is 8.54. The number of thioether (sulfide) groups is 1. The highest BCUT2D eigenvalue weighted by Crippen LogP contribution is 2.32. The summed E-state index contributed by atoms with van der Waals surface area (Å²) in [6.45, 7) is 2.58. The second-order valence-corrected chi connectivity index (χ2v) is 9.12. The molecule has 0 radical (unpaired) electrons. The predicted octanol–water partition coefficient (Wildman–Crippen LogP) is 5.49. The summed E-state index contributed by atoms with van der Waals surface area (Å²) in [6, 6.07) is 13.4. The normalized spacial score (nSPS) is 17.7. The molecule has 164 valence electrons. The summed E-state index contributed by atoms with van der Waals surface area (Å²) in [4.78, 5) is 14.8. The fraction of sp³-hybridized carbons (Fsp3) is 0.348. The fourth-order valence-electron chi connectivity index (χ4n) is 3.16. The molecule has 0 saturated carbocycles. The molecule has 0 aliphatic carbocycles. The van der Waals surface area contributed by atoms with Gasteiger partial charge in [-0.2, -0.15) is 5.10 Å². The summed E-state index contributed by atoms with van der Waals surface area (Å²) in [5, 5.41) is 9.17. The van der Waals surface area contributed by atoms with E-state index in [4.69, 9.17) is 9.47 Å². The van der Waals surface area contributed by atoms with Gasteiger partial charge in [-0.1, -0.05) is 59.6 Å². The van der Waals surface area contributed by atoms with Gasteiger partial charge in [0.1, 0.15) is 11.5 Å². The summed E-state index contributed by atoms with van der Waals surface area (Å²) in [6.07, 6.45) is 4.54. The van der Waals surface area contributed by atoms with E-state index in [2.05, 4.69) is 33.1 Å². The van der Waals surface area contributed by atoms with Crippen LogP contribution in [0.1, 0.15) is 37.3 Å². The average molecular weight is 504 g/mol. The molecule has 0 bridgehead atoms. The van der Waals surface area contributed by atoms with Crippen molar-refractivity contribution in [3.63, 3.8) is 0 Å². The highest BCUT2D eigenvalue weighted by Gasteiger charge is 2.37. The highest BCUT2D eigenvalue weighted by molar-refractivity contribution is 9.10. The average Bonchev–Trinajstić information content (AvgIpc) is 3.07. The quantitative estimate of drug-likeness (QED) is 0.335. The van der Waals surface area contributed by atoms with Crippen molar-refractivity contribution in [2.24, 2.45) is 10.2 Å². The van der Waals surface area contributed by atoms with Crippen molar-refractivity contribution in [1.82, 2.24) is 4.90 Å². The van der Waals surface area contributed by atoms with Gasteiger partial charge in [-0.05, 0) is 42.3 Å². The smallest absolute Gasteiger partial charge is 0.242 e. The molecule has 1 aliphatic rings. The number of unbranched alkanes of at least 4 members (excludes halogenated alkanes) is 1. The van der Waals surface area contributed by atoms with E-state index in [1.807, 2.05) is 42.5 Å². The predicted molar refractivity (Wildman–Crippen MR) is 130 cm³/mol. The number of halogens is 1. The molecular weight excluding hydrogens is 478 g/mol. The van der Waals surface area contributed by atoms with Crippen molar-refractivity contribution >= 4 is 45.0 Å². The number of rotatable bonds is 9. The Morgan fingerprint density at radius 3 is 2.61 bits per heavy atom. The first kappa shape index (κ1) is 23.3. The Balaban J connectivity index is 1.83. The Hall–Kier alpha value is -2.32. The number of nitrogens with zero attached hydrogens (tertiary/aromatic N) is 3. The molecule has 2 aromatic rings. The zero-order chi connectivity index (χ0) is 22.2. The Bertz CT molecular complexity index is 963. The van der Waals surface area contributed by atoms with Crippen LogP contribution >= 0.6 is 27.7 Å². The van der Waals surface area contributed by atoms with Crippen LogP contribution in [0, 0.1) is 0 Å². The Morgan fingerprint density at radius 1 is 1.16 bits per heavy atom. The number of hydrogen-bond donors (Lipinski definition) is 0. The molecule has 1 atom stereocenters. The second-order valence-electron chi connectivity index (χ2n) is 7.03. The maximum Gasteiger partial charge on any atom is 0.242 e. The SMILES string of the molecule is CCCC[C@@H]1S/C(=N/N=C\c2cc(Br)ccc2OC)N(Cc2ccc(OC)cc2)C1=O. The summed E-state index contributed by atoms with van der Waals surface area (Å²) in [7, 11) is 3.25. The number of ether oxygens (including phenoxy) is 2. The number of amides is 1.